The van der Waals surface area contributed by atoms with E-state index in [2.05, 4.69) is 21.1 Å². The molecule has 2 aliphatic carbocycles. The van der Waals surface area contributed by atoms with Crippen LogP contribution >= 0.6 is 0 Å². The SMILES string of the molecule is C#Cc1c(F)ccc2cc(O)cc(C3=C(F)c4nc(OCC5(CN(C)C)CC5)nc(N5CCC6(CC5)CNC6)c4[S+]([O-])N3C3CC3(F)F)c12. The molecule has 4 fully saturated rings. The van der Waals surface area contributed by atoms with Crippen LogP contribution in [-0.4, -0.2) is 94.2 Å². The van der Waals surface area contributed by atoms with Crippen molar-refractivity contribution in [1.29, 1.82) is 0 Å². The fourth-order valence-corrected chi connectivity index (χ4v) is 9.18. The fourth-order valence-electron chi connectivity index (χ4n) is 7.55. The van der Waals surface area contributed by atoms with Crippen molar-refractivity contribution in [2.75, 3.05) is 58.3 Å². The molecule has 9 nitrogen and oxygen atoms in total. The highest BCUT2D eigenvalue weighted by Crippen LogP contribution is 2.56. The summed E-state index contributed by atoms with van der Waals surface area (Å²) in [7, 11) is 3.95. The van der Waals surface area contributed by atoms with Gasteiger partial charge < -0.3 is 29.5 Å². The Morgan fingerprint density at radius 3 is 2.45 bits per heavy atom. The summed E-state index contributed by atoms with van der Waals surface area (Å²) in [4.78, 5) is 13.0. The zero-order chi connectivity index (χ0) is 34.5. The van der Waals surface area contributed by atoms with E-state index >= 15 is 8.78 Å². The first-order valence-corrected chi connectivity index (χ1v) is 17.5. The molecular formula is C35H36F4N6O3S. The molecule has 49 heavy (non-hydrogen) atoms. The topological polar surface area (TPSA) is 100 Å². The molecule has 3 aromatic rings. The van der Waals surface area contributed by atoms with Crippen LogP contribution in [0.5, 0.6) is 11.8 Å². The minimum absolute atomic E-state index is 0.0143. The number of alkyl halides is 2. The number of hydrogen-bond acceptors (Lipinski definition) is 9. The predicted octanol–water partition coefficient (Wildman–Crippen LogP) is 4.91. The molecular weight excluding hydrogens is 660 g/mol. The van der Waals surface area contributed by atoms with Gasteiger partial charge in [0.2, 0.25) is 0 Å². The Bertz CT molecular complexity index is 1930. The van der Waals surface area contributed by atoms with Crippen molar-refractivity contribution in [1.82, 2.24) is 24.5 Å². The second kappa shape index (κ2) is 11.4. The normalized spacial score (nSPS) is 24.6. The first kappa shape index (κ1) is 32.4. The number of terminal acetylenes is 1. The number of anilines is 1. The molecule has 2 atom stereocenters. The van der Waals surface area contributed by atoms with Crippen LogP contribution in [0.15, 0.2) is 29.2 Å². The summed E-state index contributed by atoms with van der Waals surface area (Å²) in [6, 6.07) is 3.15. The van der Waals surface area contributed by atoms with Crippen LogP contribution in [0.2, 0.25) is 0 Å². The molecule has 0 amide bonds. The molecule has 8 rings (SSSR count). The number of piperidine rings is 1. The van der Waals surface area contributed by atoms with E-state index in [1.54, 1.807) is 0 Å². The van der Waals surface area contributed by atoms with Gasteiger partial charge in [-0.15, -0.1) is 6.42 Å². The number of phenolic OH excluding ortho intramolecular Hbond substituents is 1. The number of fused-ring (bicyclic) bond motifs is 2. The van der Waals surface area contributed by atoms with Crippen molar-refractivity contribution in [2.45, 2.75) is 49.0 Å². The van der Waals surface area contributed by atoms with Gasteiger partial charge in [0.15, 0.2) is 17.3 Å². The van der Waals surface area contributed by atoms with E-state index < -0.39 is 47.1 Å². The number of hydrogen-bond donors (Lipinski definition) is 2. The fraction of sp³-hybridized carbons (Fsp3) is 0.486. The minimum Gasteiger partial charge on any atom is -0.588 e. The summed E-state index contributed by atoms with van der Waals surface area (Å²) >= 11 is -2.44. The molecule has 1 spiro atoms. The quantitative estimate of drug-likeness (QED) is 0.194. The molecule has 2 N–H and O–H groups in total. The van der Waals surface area contributed by atoms with Crippen LogP contribution in [0.4, 0.5) is 23.4 Å². The lowest BCUT2D eigenvalue weighted by Crippen LogP contribution is -2.58. The molecule has 4 heterocycles. The molecule has 2 aromatic carbocycles. The molecule has 5 aliphatic rings. The number of rotatable bonds is 8. The Balaban J connectivity index is 1.32. The maximum absolute atomic E-state index is 17.4. The lowest BCUT2D eigenvalue weighted by atomic mass is 9.73. The Morgan fingerprint density at radius 1 is 1.14 bits per heavy atom. The number of ether oxygens (including phenoxy) is 1. The van der Waals surface area contributed by atoms with Gasteiger partial charge in [0.25, 0.3) is 10.8 Å². The molecule has 2 saturated heterocycles. The van der Waals surface area contributed by atoms with Crippen molar-refractivity contribution < 1.29 is 32.0 Å². The highest BCUT2D eigenvalue weighted by molar-refractivity contribution is 7.89. The van der Waals surface area contributed by atoms with Gasteiger partial charge in [-0.1, -0.05) is 12.0 Å². The number of aromatic hydroxyl groups is 1. The van der Waals surface area contributed by atoms with Crippen molar-refractivity contribution >= 4 is 39.5 Å². The maximum Gasteiger partial charge on any atom is 0.319 e. The van der Waals surface area contributed by atoms with Gasteiger partial charge in [0.1, 0.15) is 34.7 Å². The lowest BCUT2D eigenvalue weighted by Gasteiger charge is -2.48. The van der Waals surface area contributed by atoms with Crippen LogP contribution in [0.1, 0.15) is 48.9 Å². The first-order valence-electron chi connectivity index (χ1n) is 16.4. The lowest BCUT2D eigenvalue weighted by molar-refractivity contribution is 0.0989. The average Bonchev–Trinajstić information content (AvgIpc) is 3.95. The number of nitrogens with one attached hydrogen (secondary N) is 1. The average molecular weight is 697 g/mol. The molecule has 1 aromatic heterocycles. The molecule has 2 saturated carbocycles. The van der Waals surface area contributed by atoms with E-state index in [1.807, 2.05) is 19.0 Å². The van der Waals surface area contributed by atoms with E-state index in [-0.39, 0.29) is 67.5 Å². The summed E-state index contributed by atoms with van der Waals surface area (Å²) in [6.07, 6.45) is 8.53. The highest BCUT2D eigenvalue weighted by atomic mass is 32.2. The Morgan fingerprint density at radius 2 is 1.86 bits per heavy atom. The number of phenols is 1. The number of nitrogens with zero attached hydrogens (tertiary/aromatic N) is 5. The Labute approximate surface area is 284 Å². The monoisotopic (exact) mass is 696 g/mol. The van der Waals surface area contributed by atoms with Gasteiger partial charge in [0.05, 0.1) is 12.2 Å². The van der Waals surface area contributed by atoms with Crippen LogP contribution in [0.25, 0.3) is 22.3 Å². The van der Waals surface area contributed by atoms with Gasteiger partial charge in [0, 0.05) is 55.5 Å². The third kappa shape index (κ3) is 5.46. The molecule has 3 aliphatic heterocycles. The summed E-state index contributed by atoms with van der Waals surface area (Å²) in [6.45, 7) is 3.90. The van der Waals surface area contributed by atoms with E-state index in [1.165, 1.54) is 12.1 Å². The molecule has 2 unspecified atom stereocenters. The maximum atomic E-state index is 17.4. The zero-order valence-electron chi connectivity index (χ0n) is 27.2. The van der Waals surface area contributed by atoms with Gasteiger partial charge in [-0.3, -0.25) is 0 Å². The third-order valence-corrected chi connectivity index (χ3v) is 12.1. The number of benzene rings is 2. The van der Waals surface area contributed by atoms with E-state index in [0.717, 1.165) is 61.8 Å². The van der Waals surface area contributed by atoms with E-state index in [4.69, 9.17) is 16.1 Å². The van der Waals surface area contributed by atoms with Gasteiger partial charge in [-0.2, -0.15) is 14.3 Å². The van der Waals surface area contributed by atoms with Gasteiger partial charge in [-0.05, 0) is 68.8 Å². The second-order valence-electron chi connectivity index (χ2n) is 14.5. The standard InChI is InChI=1S/C35H36F4N6O3S/c1-4-22-24(36)6-5-20-13-21(46)14-23(26(20)22)29-27(37)28-30(49(47)45(29)25-15-35(25,38)39)31(44-11-9-33(10-12-44)16-40-17-33)42-32(41-28)48-19-34(7-8-34)18-43(2)3/h1,5-6,13-14,25,40,46H,7-12,15-19H2,2-3H3. The molecule has 0 radical (unpaired) electrons. The summed E-state index contributed by atoms with van der Waals surface area (Å²) < 4.78 is 84.2. The molecule has 0 bridgehead atoms. The number of aromatic nitrogens is 2. The van der Waals surface area contributed by atoms with E-state index in [9.17, 15) is 18.4 Å². The third-order valence-electron chi connectivity index (χ3n) is 10.6. The van der Waals surface area contributed by atoms with Crippen molar-refractivity contribution in [3.8, 4) is 24.1 Å². The van der Waals surface area contributed by atoms with Crippen LogP contribution in [0, 0.1) is 29.0 Å². The predicted molar refractivity (Wildman–Crippen MR) is 178 cm³/mol. The molecule has 258 valence electrons. The summed E-state index contributed by atoms with van der Waals surface area (Å²) in [5.74, 6) is -3.03. The summed E-state index contributed by atoms with van der Waals surface area (Å²) in [5, 5.41) is 14.3. The number of halogens is 4. The smallest absolute Gasteiger partial charge is 0.319 e. The van der Waals surface area contributed by atoms with Crippen molar-refractivity contribution in [2.24, 2.45) is 10.8 Å². The zero-order valence-corrected chi connectivity index (χ0v) is 28.0. The van der Waals surface area contributed by atoms with Crippen LogP contribution < -0.4 is 15.0 Å². The first-order chi connectivity index (χ1) is 23.3. The highest BCUT2D eigenvalue weighted by Gasteiger charge is 2.66. The second-order valence-corrected chi connectivity index (χ2v) is 15.8. The Kier molecular flexibility index (Phi) is 7.53. The van der Waals surface area contributed by atoms with Gasteiger partial charge >= 0.3 is 6.01 Å². The summed E-state index contributed by atoms with van der Waals surface area (Å²) in [5.41, 5.74) is -1.26. The Hall–Kier alpha value is -3.77. The van der Waals surface area contributed by atoms with Crippen molar-refractivity contribution in [3.05, 3.63) is 46.9 Å². The largest absolute Gasteiger partial charge is 0.588 e. The molecule has 14 heteroatoms. The van der Waals surface area contributed by atoms with Crippen LogP contribution in [-0.2, 0) is 11.4 Å². The minimum atomic E-state index is -3.28. The van der Waals surface area contributed by atoms with Crippen LogP contribution in [0.3, 0.4) is 0 Å². The van der Waals surface area contributed by atoms with Gasteiger partial charge in [-0.25, -0.2) is 17.6 Å². The van der Waals surface area contributed by atoms with E-state index in [0.29, 0.717) is 13.1 Å². The van der Waals surface area contributed by atoms with Crippen molar-refractivity contribution in [3.63, 3.8) is 0 Å².